The first-order valence-corrected chi connectivity index (χ1v) is 12.4. The normalized spacial score (nSPS) is 11.3. The molecule has 10 nitrogen and oxygen atoms in total. The van der Waals surface area contributed by atoms with E-state index in [0.717, 1.165) is 0 Å². The summed E-state index contributed by atoms with van der Waals surface area (Å²) in [4.78, 5) is 23.6. The molecule has 0 saturated heterocycles. The highest BCUT2D eigenvalue weighted by Gasteiger charge is 2.17. The van der Waals surface area contributed by atoms with Crippen LogP contribution < -0.4 is 0 Å². The Morgan fingerprint density at radius 2 is 1.00 bits per heavy atom. The van der Waals surface area contributed by atoms with Crippen LogP contribution in [0.3, 0.4) is 0 Å². The SMILES string of the molecule is O=C(OCCOCCOCCOCCOCCOS(=O)(=O)c1ccccc1)C(=O)c1ccccc1. The first-order chi connectivity index (χ1) is 17.0. The standard InChI is InChI=1S/C24H30O10S/c25-23(21-7-3-1-4-8-21)24(26)33-19-17-31-15-13-29-11-12-30-14-16-32-18-20-34-35(27,28)22-9-5-2-6-10-22/h1-10H,11-20H2. The fourth-order valence-corrected chi connectivity index (χ4v) is 3.50. The number of esters is 1. The maximum atomic E-state index is 11.9. The smallest absolute Gasteiger partial charge is 0.379 e. The van der Waals surface area contributed by atoms with Crippen molar-refractivity contribution in [2.45, 2.75) is 4.90 Å². The van der Waals surface area contributed by atoms with Crippen LogP contribution in [0.4, 0.5) is 0 Å². The third kappa shape index (κ3) is 12.0. The molecule has 0 aromatic heterocycles. The highest BCUT2D eigenvalue weighted by molar-refractivity contribution is 7.86. The maximum absolute atomic E-state index is 11.9. The summed E-state index contributed by atoms with van der Waals surface area (Å²) in [5.74, 6) is -1.61. The van der Waals surface area contributed by atoms with E-state index in [0.29, 0.717) is 39.6 Å². The van der Waals surface area contributed by atoms with Crippen molar-refractivity contribution in [1.82, 2.24) is 0 Å². The van der Waals surface area contributed by atoms with Gasteiger partial charge in [0.1, 0.15) is 6.61 Å². The van der Waals surface area contributed by atoms with Gasteiger partial charge in [0.2, 0.25) is 0 Å². The second kappa shape index (κ2) is 16.9. The molecule has 2 aromatic rings. The van der Waals surface area contributed by atoms with Crippen molar-refractivity contribution in [2.24, 2.45) is 0 Å². The largest absolute Gasteiger partial charge is 0.457 e. The van der Waals surface area contributed by atoms with Crippen molar-refractivity contribution in [1.29, 1.82) is 0 Å². The Balaban J connectivity index is 1.33. The Morgan fingerprint density at radius 1 is 0.571 bits per heavy atom. The number of ether oxygens (including phenoxy) is 5. The predicted molar refractivity (Wildman–Crippen MR) is 125 cm³/mol. The van der Waals surface area contributed by atoms with Crippen LogP contribution in [0.15, 0.2) is 65.6 Å². The second-order valence-electron chi connectivity index (χ2n) is 6.87. The molecule has 0 amide bonds. The summed E-state index contributed by atoms with van der Waals surface area (Å²) in [5.41, 5.74) is 0.281. The fraction of sp³-hybridized carbons (Fsp3) is 0.417. The molecule has 0 N–H and O–H groups in total. The first kappa shape index (κ1) is 28.6. The lowest BCUT2D eigenvalue weighted by Gasteiger charge is -2.08. The van der Waals surface area contributed by atoms with Gasteiger partial charge in [-0.15, -0.1) is 0 Å². The predicted octanol–water partition coefficient (Wildman–Crippen LogP) is 1.88. The van der Waals surface area contributed by atoms with Crippen LogP contribution >= 0.6 is 0 Å². The van der Waals surface area contributed by atoms with E-state index in [9.17, 15) is 18.0 Å². The Hall–Kier alpha value is -2.67. The topological polar surface area (TPSA) is 124 Å². The summed E-state index contributed by atoms with van der Waals surface area (Å²) in [6, 6.07) is 16.1. The lowest BCUT2D eigenvalue weighted by molar-refractivity contribution is -0.139. The highest BCUT2D eigenvalue weighted by Crippen LogP contribution is 2.10. The van der Waals surface area contributed by atoms with E-state index in [1.54, 1.807) is 48.5 Å². The van der Waals surface area contributed by atoms with Crippen molar-refractivity contribution in [3.63, 3.8) is 0 Å². The van der Waals surface area contributed by atoms with Gasteiger partial charge >= 0.3 is 5.97 Å². The van der Waals surface area contributed by atoms with Gasteiger partial charge in [0.05, 0.1) is 64.4 Å². The third-order valence-electron chi connectivity index (χ3n) is 4.30. The van der Waals surface area contributed by atoms with Gasteiger partial charge in [-0.1, -0.05) is 48.5 Å². The molecule has 0 unspecified atom stereocenters. The minimum absolute atomic E-state index is 0.0241. The summed E-state index contributed by atoms with van der Waals surface area (Å²) in [6.07, 6.45) is 0. The van der Waals surface area contributed by atoms with Crippen LogP contribution in [0.25, 0.3) is 0 Å². The first-order valence-electron chi connectivity index (χ1n) is 11.0. The molecular formula is C24H30O10S. The van der Waals surface area contributed by atoms with Crippen LogP contribution in [-0.2, 0) is 42.8 Å². The maximum Gasteiger partial charge on any atom is 0.379 e. The summed E-state index contributed by atoms with van der Waals surface area (Å²) < 4.78 is 54.8. The number of benzene rings is 2. The lowest BCUT2D eigenvalue weighted by Crippen LogP contribution is -2.20. The molecule has 0 heterocycles. The van der Waals surface area contributed by atoms with Gasteiger partial charge in [0.25, 0.3) is 15.9 Å². The molecule has 2 aromatic carbocycles. The van der Waals surface area contributed by atoms with Gasteiger partial charge in [-0.05, 0) is 12.1 Å². The number of hydrogen-bond donors (Lipinski definition) is 0. The number of ketones is 1. The quantitative estimate of drug-likeness (QED) is 0.0910. The van der Waals surface area contributed by atoms with Crippen molar-refractivity contribution < 1.29 is 45.9 Å². The Kier molecular flexibility index (Phi) is 13.8. The van der Waals surface area contributed by atoms with Gasteiger partial charge in [-0.2, -0.15) is 8.42 Å². The molecule has 0 aliphatic heterocycles. The van der Waals surface area contributed by atoms with Gasteiger partial charge < -0.3 is 23.7 Å². The van der Waals surface area contributed by atoms with Crippen molar-refractivity contribution >= 4 is 21.9 Å². The van der Waals surface area contributed by atoms with E-state index in [1.807, 2.05) is 0 Å². The lowest BCUT2D eigenvalue weighted by atomic mass is 10.1. The van der Waals surface area contributed by atoms with E-state index < -0.39 is 21.9 Å². The Morgan fingerprint density at radius 3 is 1.51 bits per heavy atom. The van der Waals surface area contributed by atoms with Crippen LogP contribution in [0.5, 0.6) is 0 Å². The fourth-order valence-electron chi connectivity index (χ4n) is 2.59. The zero-order chi connectivity index (χ0) is 25.2. The molecule has 35 heavy (non-hydrogen) atoms. The molecule has 0 fully saturated rings. The Bertz CT molecular complexity index is 964. The zero-order valence-corrected chi connectivity index (χ0v) is 20.2. The average Bonchev–Trinajstić information content (AvgIpc) is 2.88. The molecule has 0 aliphatic carbocycles. The van der Waals surface area contributed by atoms with Crippen molar-refractivity contribution in [3.8, 4) is 0 Å². The van der Waals surface area contributed by atoms with Crippen LogP contribution in [0.2, 0.25) is 0 Å². The van der Waals surface area contributed by atoms with E-state index >= 15 is 0 Å². The van der Waals surface area contributed by atoms with E-state index in [1.165, 1.54) is 12.1 Å². The number of rotatable bonds is 19. The monoisotopic (exact) mass is 510 g/mol. The van der Waals surface area contributed by atoms with E-state index in [4.69, 9.17) is 27.9 Å². The zero-order valence-electron chi connectivity index (χ0n) is 19.3. The molecule has 0 bridgehead atoms. The summed E-state index contributed by atoms with van der Waals surface area (Å²) in [6.45, 7) is 2.17. The molecule has 0 spiro atoms. The van der Waals surface area contributed by atoms with Gasteiger partial charge in [0.15, 0.2) is 0 Å². The molecule has 0 aliphatic rings. The number of carbonyl (C=O) groups is 2. The van der Waals surface area contributed by atoms with Crippen molar-refractivity contribution in [2.75, 3.05) is 66.1 Å². The number of carbonyl (C=O) groups excluding carboxylic acids is 2. The van der Waals surface area contributed by atoms with Gasteiger partial charge in [-0.3, -0.25) is 8.98 Å². The molecule has 0 atom stereocenters. The number of hydrogen-bond acceptors (Lipinski definition) is 10. The van der Waals surface area contributed by atoms with Crippen molar-refractivity contribution in [3.05, 3.63) is 66.2 Å². The van der Waals surface area contributed by atoms with E-state index in [2.05, 4.69) is 0 Å². The number of Topliss-reactive ketones (excluding diaryl/α,β-unsaturated/α-hetero) is 1. The van der Waals surface area contributed by atoms with Crippen LogP contribution in [0, 0.1) is 0 Å². The summed E-state index contributed by atoms with van der Waals surface area (Å²) >= 11 is 0. The second-order valence-corrected chi connectivity index (χ2v) is 8.49. The third-order valence-corrected chi connectivity index (χ3v) is 5.62. The Labute approximate surface area is 205 Å². The minimum Gasteiger partial charge on any atom is -0.457 e. The van der Waals surface area contributed by atoms with Crippen LogP contribution in [0.1, 0.15) is 10.4 Å². The summed E-state index contributed by atoms with van der Waals surface area (Å²) in [7, 11) is -3.77. The molecule has 11 heteroatoms. The molecule has 2 rings (SSSR count). The van der Waals surface area contributed by atoms with Gasteiger partial charge in [-0.25, -0.2) is 4.79 Å². The molecule has 0 radical (unpaired) electrons. The average molecular weight is 511 g/mol. The molecule has 192 valence electrons. The minimum atomic E-state index is -3.77. The van der Waals surface area contributed by atoms with E-state index in [-0.39, 0.29) is 36.9 Å². The molecule has 0 saturated carbocycles. The summed E-state index contributed by atoms with van der Waals surface area (Å²) in [5, 5.41) is 0. The van der Waals surface area contributed by atoms with Gasteiger partial charge in [0, 0.05) is 5.56 Å². The molecular weight excluding hydrogens is 480 g/mol. The highest BCUT2D eigenvalue weighted by atomic mass is 32.2. The van der Waals surface area contributed by atoms with Crippen LogP contribution in [-0.4, -0.2) is 86.2 Å².